The van der Waals surface area contributed by atoms with E-state index < -0.39 is 35.9 Å². The van der Waals surface area contributed by atoms with Gasteiger partial charge < -0.3 is 19.9 Å². The Morgan fingerprint density at radius 2 is 1.50 bits per heavy atom. The number of ether oxygens (including phenoxy) is 2. The lowest BCUT2D eigenvalue weighted by Crippen LogP contribution is -2.43. The van der Waals surface area contributed by atoms with Crippen LogP contribution >= 0.6 is 0 Å². The third kappa shape index (κ3) is 5.89. The smallest absolute Gasteiger partial charge is 0.330 e. The van der Waals surface area contributed by atoms with Crippen LogP contribution in [0.1, 0.15) is 35.8 Å². The molecular formula is C20H18N2O8. The molecule has 0 spiro atoms. The zero-order valence-corrected chi connectivity index (χ0v) is 16.0. The molecule has 10 nitrogen and oxygen atoms in total. The largest absolute Gasteiger partial charge is 0.479 e. The van der Waals surface area contributed by atoms with Gasteiger partial charge in [0.25, 0.3) is 5.91 Å². The molecule has 0 heterocycles. The minimum Gasteiger partial charge on any atom is -0.479 e. The Bertz CT molecular complexity index is 988. The van der Waals surface area contributed by atoms with Gasteiger partial charge in [-0.1, -0.05) is 36.4 Å². The van der Waals surface area contributed by atoms with Gasteiger partial charge in [-0.3, -0.25) is 19.7 Å². The Morgan fingerprint density at radius 3 is 2.07 bits per heavy atom. The summed E-state index contributed by atoms with van der Waals surface area (Å²) in [5.74, 6) is -4.40. The summed E-state index contributed by atoms with van der Waals surface area (Å²) >= 11 is 0. The fourth-order valence-corrected chi connectivity index (χ4v) is 2.45. The molecule has 2 rings (SSSR count). The molecule has 0 bridgehead atoms. The number of carboxylic acids is 1. The zero-order valence-electron chi connectivity index (χ0n) is 16.0. The van der Waals surface area contributed by atoms with Gasteiger partial charge in [0.2, 0.25) is 0 Å². The van der Waals surface area contributed by atoms with Crippen LogP contribution in [-0.2, 0) is 14.4 Å². The van der Waals surface area contributed by atoms with Crippen LogP contribution in [0.3, 0.4) is 0 Å². The maximum absolute atomic E-state index is 12.5. The van der Waals surface area contributed by atoms with Crippen molar-refractivity contribution in [2.45, 2.75) is 19.9 Å². The predicted molar refractivity (Wildman–Crippen MR) is 102 cm³/mol. The number of imide groups is 1. The molecule has 3 amide bonds. The molecule has 3 N–H and O–H groups in total. The quantitative estimate of drug-likeness (QED) is 0.479. The molecule has 1 atom stereocenters. The summed E-state index contributed by atoms with van der Waals surface area (Å²) in [7, 11) is 0. The van der Waals surface area contributed by atoms with Crippen molar-refractivity contribution >= 4 is 29.8 Å². The minimum absolute atomic E-state index is 0.196. The molecule has 0 aliphatic rings. The highest BCUT2D eigenvalue weighted by molar-refractivity contribution is 6.07. The molecule has 1 unspecified atom stereocenters. The number of carbonyl (C=O) groups is 5. The second kappa shape index (κ2) is 9.82. The standard InChI is InChI=1S/C20H18N2O8/c1-11(23)29-15-10-6-9-14(17(15)30-12(2)24)18(25)22-20(28)21-16(19(26)27)13-7-4-3-5-8-13/h3-10,16H,1-2H3,(H,26,27)(H2,21,22,25,28). The zero-order chi connectivity index (χ0) is 22.3. The van der Waals surface area contributed by atoms with E-state index in [1.807, 2.05) is 5.32 Å². The molecule has 0 radical (unpaired) electrons. The topological polar surface area (TPSA) is 148 Å². The Morgan fingerprint density at radius 1 is 0.867 bits per heavy atom. The van der Waals surface area contributed by atoms with Gasteiger partial charge in [-0.15, -0.1) is 0 Å². The van der Waals surface area contributed by atoms with Crippen molar-refractivity contribution in [1.82, 2.24) is 10.6 Å². The van der Waals surface area contributed by atoms with Crippen LogP contribution in [0.5, 0.6) is 11.5 Å². The number of carboxylic acid groups (broad SMARTS) is 1. The maximum Gasteiger partial charge on any atom is 0.330 e. The van der Waals surface area contributed by atoms with Crippen LogP contribution in [0.4, 0.5) is 4.79 Å². The van der Waals surface area contributed by atoms with Gasteiger partial charge >= 0.3 is 23.9 Å². The molecule has 2 aromatic carbocycles. The van der Waals surface area contributed by atoms with E-state index in [9.17, 15) is 29.1 Å². The fourth-order valence-electron chi connectivity index (χ4n) is 2.45. The van der Waals surface area contributed by atoms with Crippen LogP contribution in [-0.4, -0.2) is 35.0 Å². The van der Waals surface area contributed by atoms with Gasteiger partial charge in [0.05, 0.1) is 5.56 Å². The third-order valence-corrected chi connectivity index (χ3v) is 3.61. The van der Waals surface area contributed by atoms with Gasteiger partial charge in [-0.25, -0.2) is 9.59 Å². The first-order chi connectivity index (χ1) is 14.2. The molecule has 10 heteroatoms. The van der Waals surface area contributed by atoms with Gasteiger partial charge in [0, 0.05) is 13.8 Å². The van der Waals surface area contributed by atoms with Crippen LogP contribution in [0, 0.1) is 0 Å². The van der Waals surface area contributed by atoms with E-state index in [2.05, 4.69) is 5.32 Å². The summed E-state index contributed by atoms with van der Waals surface area (Å²) in [6, 6.07) is 9.27. The Kier molecular flexibility index (Phi) is 7.23. The number of urea groups is 1. The number of para-hydroxylation sites is 1. The first kappa shape index (κ1) is 22.1. The molecule has 30 heavy (non-hydrogen) atoms. The van der Waals surface area contributed by atoms with Crippen LogP contribution in [0.2, 0.25) is 0 Å². The van der Waals surface area contributed by atoms with Crippen LogP contribution in [0.15, 0.2) is 48.5 Å². The van der Waals surface area contributed by atoms with Crippen molar-refractivity contribution in [2.75, 3.05) is 0 Å². The van der Waals surface area contributed by atoms with E-state index >= 15 is 0 Å². The van der Waals surface area contributed by atoms with Crippen molar-refractivity contribution in [3.8, 4) is 11.5 Å². The molecule has 0 aromatic heterocycles. The minimum atomic E-state index is -1.40. The number of carbonyl (C=O) groups excluding carboxylic acids is 4. The normalized spacial score (nSPS) is 11.0. The van der Waals surface area contributed by atoms with E-state index in [-0.39, 0.29) is 17.1 Å². The molecule has 0 fully saturated rings. The first-order valence-corrected chi connectivity index (χ1v) is 8.58. The van der Waals surface area contributed by atoms with Crippen molar-refractivity contribution in [1.29, 1.82) is 0 Å². The average Bonchev–Trinajstić information content (AvgIpc) is 2.67. The molecular weight excluding hydrogens is 396 g/mol. The highest BCUT2D eigenvalue weighted by Crippen LogP contribution is 2.31. The lowest BCUT2D eigenvalue weighted by Gasteiger charge is -2.16. The maximum atomic E-state index is 12.5. The molecule has 2 aromatic rings. The number of benzene rings is 2. The van der Waals surface area contributed by atoms with Crippen LogP contribution < -0.4 is 20.1 Å². The predicted octanol–water partition coefficient (Wildman–Crippen LogP) is 1.80. The number of rotatable bonds is 6. The van der Waals surface area contributed by atoms with Crippen molar-refractivity contribution in [3.05, 3.63) is 59.7 Å². The van der Waals surface area contributed by atoms with Gasteiger partial charge in [-0.05, 0) is 17.7 Å². The monoisotopic (exact) mass is 414 g/mol. The lowest BCUT2D eigenvalue weighted by molar-refractivity contribution is -0.139. The fraction of sp³-hybridized carbons (Fsp3) is 0.150. The Hall–Kier alpha value is -4.21. The second-order valence-corrected chi connectivity index (χ2v) is 5.93. The van der Waals surface area contributed by atoms with E-state index in [0.29, 0.717) is 5.56 Å². The van der Waals surface area contributed by atoms with E-state index in [1.54, 1.807) is 18.2 Å². The van der Waals surface area contributed by atoms with Crippen LogP contribution in [0.25, 0.3) is 0 Å². The molecule has 0 aliphatic carbocycles. The SMILES string of the molecule is CC(=O)Oc1cccc(C(=O)NC(=O)NC(C(=O)O)c2ccccc2)c1OC(C)=O. The van der Waals surface area contributed by atoms with Crippen molar-refractivity contribution in [3.63, 3.8) is 0 Å². The summed E-state index contributed by atoms with van der Waals surface area (Å²) in [6.45, 7) is 2.20. The summed E-state index contributed by atoms with van der Waals surface area (Å²) in [6.07, 6.45) is 0. The number of aliphatic carboxylic acids is 1. The van der Waals surface area contributed by atoms with Crippen molar-refractivity contribution in [2.24, 2.45) is 0 Å². The average molecular weight is 414 g/mol. The number of hydrogen-bond acceptors (Lipinski definition) is 7. The molecule has 0 saturated heterocycles. The summed E-state index contributed by atoms with van der Waals surface area (Å²) < 4.78 is 9.89. The molecule has 156 valence electrons. The van der Waals surface area contributed by atoms with Gasteiger partial charge in [0.1, 0.15) is 0 Å². The number of hydrogen-bond donors (Lipinski definition) is 3. The molecule has 0 saturated carbocycles. The second-order valence-electron chi connectivity index (χ2n) is 5.93. The Labute approximate surface area is 170 Å². The lowest BCUT2D eigenvalue weighted by atomic mass is 10.1. The molecule has 0 aliphatic heterocycles. The van der Waals surface area contributed by atoms with E-state index in [4.69, 9.17) is 9.47 Å². The number of amides is 3. The summed E-state index contributed by atoms with van der Waals surface area (Å²) in [4.78, 5) is 58.9. The first-order valence-electron chi connectivity index (χ1n) is 8.58. The van der Waals surface area contributed by atoms with Gasteiger partial charge in [0.15, 0.2) is 17.5 Å². The van der Waals surface area contributed by atoms with Gasteiger partial charge in [-0.2, -0.15) is 0 Å². The van der Waals surface area contributed by atoms with E-state index in [1.165, 1.54) is 30.3 Å². The summed E-state index contributed by atoms with van der Waals surface area (Å²) in [5, 5.41) is 13.5. The van der Waals surface area contributed by atoms with E-state index in [0.717, 1.165) is 13.8 Å². The number of nitrogens with one attached hydrogen (secondary N) is 2. The highest BCUT2D eigenvalue weighted by atomic mass is 16.6. The third-order valence-electron chi connectivity index (χ3n) is 3.61. The Balaban J connectivity index is 2.24. The summed E-state index contributed by atoms with van der Waals surface area (Å²) in [5.41, 5.74) is 0.0238. The highest BCUT2D eigenvalue weighted by Gasteiger charge is 2.25. The van der Waals surface area contributed by atoms with Crippen molar-refractivity contribution < 1.29 is 38.6 Å². The number of esters is 2.